The van der Waals surface area contributed by atoms with Crippen molar-refractivity contribution in [3.63, 3.8) is 0 Å². The van der Waals surface area contributed by atoms with E-state index in [-0.39, 0.29) is 19.1 Å². The second-order valence-electron chi connectivity index (χ2n) is 4.60. The maximum Gasteiger partial charge on any atom is 0.321 e. The van der Waals surface area contributed by atoms with Crippen molar-refractivity contribution >= 4 is 11.9 Å². The van der Waals surface area contributed by atoms with Gasteiger partial charge in [0.15, 0.2) is 0 Å². The molecule has 1 heterocycles. The molecule has 1 fully saturated rings. The van der Waals surface area contributed by atoms with Crippen LogP contribution in [0, 0.1) is 0 Å². The van der Waals surface area contributed by atoms with Crippen molar-refractivity contribution in [3.8, 4) is 0 Å². The standard InChI is InChI=1S/C12H24N4O3/c1-2-13-12(19)14-11(18)10-16-5-3-4-15(6-7-16)8-9-17/h17H,2-10H2,1H3,(H2,13,14,18,19). The van der Waals surface area contributed by atoms with E-state index in [4.69, 9.17) is 5.11 Å². The van der Waals surface area contributed by atoms with Crippen molar-refractivity contribution in [2.75, 3.05) is 52.4 Å². The number of hydrogen-bond acceptors (Lipinski definition) is 5. The smallest absolute Gasteiger partial charge is 0.321 e. The second kappa shape index (κ2) is 8.84. The predicted molar refractivity (Wildman–Crippen MR) is 71.8 cm³/mol. The Morgan fingerprint density at radius 1 is 1.16 bits per heavy atom. The lowest BCUT2D eigenvalue weighted by Gasteiger charge is -2.20. The summed E-state index contributed by atoms with van der Waals surface area (Å²) in [5.74, 6) is -0.276. The SMILES string of the molecule is CCNC(=O)NC(=O)CN1CCCN(CCO)CC1. The molecule has 1 rings (SSSR count). The van der Waals surface area contributed by atoms with E-state index in [0.717, 1.165) is 32.6 Å². The molecular weight excluding hydrogens is 248 g/mol. The summed E-state index contributed by atoms with van der Waals surface area (Å²) >= 11 is 0. The van der Waals surface area contributed by atoms with Crippen LogP contribution in [0.4, 0.5) is 4.79 Å². The van der Waals surface area contributed by atoms with E-state index in [2.05, 4.69) is 15.5 Å². The van der Waals surface area contributed by atoms with E-state index in [9.17, 15) is 9.59 Å². The Kier molecular flexibility index (Phi) is 7.39. The van der Waals surface area contributed by atoms with E-state index in [1.165, 1.54) is 0 Å². The van der Waals surface area contributed by atoms with Gasteiger partial charge in [0.25, 0.3) is 0 Å². The van der Waals surface area contributed by atoms with Gasteiger partial charge in [0.1, 0.15) is 0 Å². The molecule has 0 unspecified atom stereocenters. The molecule has 0 spiro atoms. The van der Waals surface area contributed by atoms with Crippen molar-refractivity contribution in [1.82, 2.24) is 20.4 Å². The minimum Gasteiger partial charge on any atom is -0.395 e. The van der Waals surface area contributed by atoms with Gasteiger partial charge in [-0.2, -0.15) is 0 Å². The fraction of sp³-hybridized carbons (Fsp3) is 0.833. The summed E-state index contributed by atoms with van der Waals surface area (Å²) < 4.78 is 0. The highest BCUT2D eigenvalue weighted by molar-refractivity contribution is 5.95. The lowest BCUT2D eigenvalue weighted by Crippen LogP contribution is -2.45. The van der Waals surface area contributed by atoms with E-state index >= 15 is 0 Å². The van der Waals surface area contributed by atoms with Gasteiger partial charge in [0.2, 0.25) is 5.91 Å². The Morgan fingerprint density at radius 2 is 1.84 bits per heavy atom. The molecule has 19 heavy (non-hydrogen) atoms. The van der Waals surface area contributed by atoms with Gasteiger partial charge < -0.3 is 10.4 Å². The summed E-state index contributed by atoms with van der Waals surface area (Å²) in [6, 6.07) is -0.441. The Bertz CT molecular complexity index is 299. The zero-order valence-corrected chi connectivity index (χ0v) is 11.5. The number of urea groups is 1. The Labute approximate surface area is 113 Å². The first-order chi connectivity index (χ1) is 9.15. The van der Waals surface area contributed by atoms with Crippen LogP contribution in [0.1, 0.15) is 13.3 Å². The molecular formula is C12H24N4O3. The zero-order chi connectivity index (χ0) is 14.1. The van der Waals surface area contributed by atoms with E-state index in [1.54, 1.807) is 6.92 Å². The average Bonchev–Trinajstić information content (AvgIpc) is 2.55. The van der Waals surface area contributed by atoms with Crippen molar-refractivity contribution in [1.29, 1.82) is 0 Å². The summed E-state index contributed by atoms with van der Waals surface area (Å²) in [6.07, 6.45) is 0.967. The topological polar surface area (TPSA) is 84.9 Å². The quantitative estimate of drug-likeness (QED) is 0.587. The zero-order valence-electron chi connectivity index (χ0n) is 11.5. The fourth-order valence-electron chi connectivity index (χ4n) is 2.12. The number of carbonyl (C=O) groups excluding carboxylic acids is 2. The number of rotatable bonds is 5. The molecule has 0 saturated carbocycles. The van der Waals surface area contributed by atoms with Crippen LogP contribution in [0.3, 0.4) is 0 Å². The van der Waals surface area contributed by atoms with Crippen molar-refractivity contribution in [2.24, 2.45) is 0 Å². The Morgan fingerprint density at radius 3 is 2.53 bits per heavy atom. The van der Waals surface area contributed by atoms with Crippen molar-refractivity contribution in [3.05, 3.63) is 0 Å². The molecule has 0 aromatic heterocycles. The average molecular weight is 272 g/mol. The van der Waals surface area contributed by atoms with Crippen LogP contribution in [-0.4, -0.2) is 79.3 Å². The molecule has 7 heteroatoms. The molecule has 0 atom stereocenters. The molecule has 3 amide bonds. The van der Waals surface area contributed by atoms with Crippen LogP contribution >= 0.6 is 0 Å². The minimum absolute atomic E-state index is 0.164. The number of nitrogens with zero attached hydrogens (tertiary/aromatic N) is 2. The lowest BCUT2D eigenvalue weighted by atomic mass is 10.3. The molecule has 0 aromatic rings. The maximum absolute atomic E-state index is 11.6. The molecule has 0 radical (unpaired) electrons. The number of aliphatic hydroxyl groups excluding tert-OH is 1. The second-order valence-corrected chi connectivity index (χ2v) is 4.60. The third-order valence-electron chi connectivity index (χ3n) is 3.05. The van der Waals surface area contributed by atoms with Gasteiger partial charge in [0, 0.05) is 26.2 Å². The molecule has 110 valence electrons. The Balaban J connectivity index is 2.28. The third kappa shape index (κ3) is 6.51. The fourth-order valence-corrected chi connectivity index (χ4v) is 2.12. The van der Waals surface area contributed by atoms with Gasteiger partial charge in [-0.1, -0.05) is 0 Å². The van der Waals surface area contributed by atoms with Crippen LogP contribution in [0.15, 0.2) is 0 Å². The highest BCUT2D eigenvalue weighted by atomic mass is 16.3. The molecule has 1 saturated heterocycles. The highest BCUT2D eigenvalue weighted by Gasteiger charge is 2.17. The molecule has 3 N–H and O–H groups in total. The number of nitrogens with one attached hydrogen (secondary N) is 2. The molecule has 0 bridgehead atoms. The number of hydrogen-bond donors (Lipinski definition) is 3. The first kappa shape index (κ1) is 15.9. The summed E-state index contributed by atoms with van der Waals surface area (Å²) in [7, 11) is 0. The minimum atomic E-state index is -0.441. The number of aliphatic hydroxyl groups is 1. The number of β-amino-alcohol motifs (C(OH)–C–C–N with tert-alkyl or cyclic N) is 1. The number of amides is 3. The lowest BCUT2D eigenvalue weighted by molar-refractivity contribution is -0.121. The van der Waals surface area contributed by atoms with Crippen LogP contribution in [0.25, 0.3) is 0 Å². The van der Waals surface area contributed by atoms with E-state index in [1.807, 2.05) is 4.90 Å². The van der Waals surface area contributed by atoms with Crippen LogP contribution < -0.4 is 10.6 Å². The van der Waals surface area contributed by atoms with Crippen molar-refractivity contribution in [2.45, 2.75) is 13.3 Å². The summed E-state index contributed by atoms with van der Waals surface area (Å²) in [5.41, 5.74) is 0. The molecule has 1 aliphatic rings. The maximum atomic E-state index is 11.6. The normalized spacial score (nSPS) is 17.8. The number of imide groups is 1. The van der Waals surface area contributed by atoms with Crippen molar-refractivity contribution < 1.29 is 14.7 Å². The largest absolute Gasteiger partial charge is 0.395 e. The summed E-state index contributed by atoms with van der Waals surface area (Å²) in [5, 5.41) is 13.7. The monoisotopic (exact) mass is 272 g/mol. The van der Waals surface area contributed by atoms with Gasteiger partial charge in [-0.05, 0) is 26.4 Å². The first-order valence-corrected chi connectivity index (χ1v) is 6.79. The summed E-state index contributed by atoms with van der Waals surface area (Å²) in [4.78, 5) is 27.1. The van der Waals surface area contributed by atoms with Crippen LogP contribution in [0.2, 0.25) is 0 Å². The molecule has 1 aliphatic heterocycles. The predicted octanol–water partition coefficient (Wildman–Crippen LogP) is -1.17. The Hall–Kier alpha value is -1.18. The van der Waals surface area contributed by atoms with Crippen LogP contribution in [0.5, 0.6) is 0 Å². The van der Waals surface area contributed by atoms with Gasteiger partial charge in [-0.25, -0.2) is 4.79 Å². The van der Waals surface area contributed by atoms with Crippen LogP contribution in [-0.2, 0) is 4.79 Å². The van der Waals surface area contributed by atoms with Gasteiger partial charge >= 0.3 is 6.03 Å². The third-order valence-corrected chi connectivity index (χ3v) is 3.05. The van der Waals surface area contributed by atoms with Gasteiger partial charge in [-0.3, -0.25) is 19.9 Å². The highest BCUT2D eigenvalue weighted by Crippen LogP contribution is 2.02. The first-order valence-electron chi connectivity index (χ1n) is 6.79. The number of carbonyl (C=O) groups is 2. The van der Waals surface area contributed by atoms with Gasteiger partial charge in [0.05, 0.1) is 13.2 Å². The molecule has 7 nitrogen and oxygen atoms in total. The molecule has 0 aliphatic carbocycles. The van der Waals surface area contributed by atoms with E-state index < -0.39 is 6.03 Å². The summed E-state index contributed by atoms with van der Waals surface area (Å²) in [6.45, 7) is 6.78. The van der Waals surface area contributed by atoms with Gasteiger partial charge in [-0.15, -0.1) is 0 Å². The van der Waals surface area contributed by atoms with E-state index in [0.29, 0.717) is 13.1 Å². The molecule has 0 aromatic carbocycles.